The lowest BCUT2D eigenvalue weighted by Gasteiger charge is -2.18. The number of thiazole rings is 1. The van der Waals surface area contributed by atoms with Gasteiger partial charge in [0.25, 0.3) is 0 Å². The van der Waals surface area contributed by atoms with Crippen LogP contribution in [0.4, 0.5) is 5.13 Å². The molecule has 4 rings (SSSR count). The standard InChI is InChI=1S/C23H24BrN3O2S/c1-2-28-21-13-16(12-19(24)22(21)29-18-10-6-7-11-18)14-25-27-23-26-20(15-30-23)17-8-4-3-5-9-17/h3-5,8-9,12-15,18H,2,6-7,10-11H2,1H3,(H,26,27). The van der Waals surface area contributed by atoms with E-state index in [1.807, 2.05) is 54.8 Å². The Morgan fingerprint density at radius 1 is 1.23 bits per heavy atom. The van der Waals surface area contributed by atoms with Crippen molar-refractivity contribution >= 4 is 38.6 Å². The third-order valence-electron chi connectivity index (χ3n) is 4.87. The van der Waals surface area contributed by atoms with Crippen molar-refractivity contribution in [3.8, 4) is 22.8 Å². The molecule has 156 valence electrons. The number of nitrogens with zero attached hydrogens (tertiary/aromatic N) is 2. The third kappa shape index (κ3) is 5.21. The van der Waals surface area contributed by atoms with Crippen LogP contribution in [0, 0.1) is 0 Å². The second-order valence-corrected chi connectivity index (χ2v) is 8.77. The van der Waals surface area contributed by atoms with E-state index in [2.05, 4.69) is 31.4 Å². The lowest BCUT2D eigenvalue weighted by Crippen LogP contribution is -2.12. The highest BCUT2D eigenvalue weighted by atomic mass is 79.9. The van der Waals surface area contributed by atoms with E-state index in [-0.39, 0.29) is 6.10 Å². The van der Waals surface area contributed by atoms with Crippen molar-refractivity contribution in [1.82, 2.24) is 4.98 Å². The SMILES string of the molecule is CCOc1cc(C=NNc2nc(-c3ccccc3)cs2)cc(Br)c1OC1CCCC1. The molecule has 5 nitrogen and oxygen atoms in total. The lowest BCUT2D eigenvalue weighted by molar-refractivity contribution is 0.195. The Morgan fingerprint density at radius 3 is 2.80 bits per heavy atom. The zero-order valence-electron chi connectivity index (χ0n) is 16.8. The Bertz CT molecular complexity index is 1000. The van der Waals surface area contributed by atoms with Crippen LogP contribution in [0.25, 0.3) is 11.3 Å². The largest absolute Gasteiger partial charge is 0.490 e. The van der Waals surface area contributed by atoms with Gasteiger partial charge in [0.2, 0.25) is 5.13 Å². The van der Waals surface area contributed by atoms with Crippen LogP contribution in [0.15, 0.2) is 57.4 Å². The minimum absolute atomic E-state index is 0.269. The van der Waals surface area contributed by atoms with Gasteiger partial charge in [0.15, 0.2) is 11.5 Å². The van der Waals surface area contributed by atoms with Crippen LogP contribution >= 0.6 is 27.3 Å². The van der Waals surface area contributed by atoms with E-state index in [0.717, 1.165) is 50.8 Å². The Kier molecular flexibility index (Phi) is 7.02. The molecule has 0 aliphatic heterocycles. The average Bonchev–Trinajstić information content (AvgIpc) is 3.44. The van der Waals surface area contributed by atoms with Crippen LogP contribution < -0.4 is 14.9 Å². The number of hydrogen-bond donors (Lipinski definition) is 1. The third-order valence-corrected chi connectivity index (χ3v) is 6.20. The Hall–Kier alpha value is -2.38. The van der Waals surface area contributed by atoms with E-state index in [0.29, 0.717) is 6.61 Å². The molecule has 0 unspecified atom stereocenters. The molecule has 0 atom stereocenters. The summed E-state index contributed by atoms with van der Waals surface area (Å²) in [6.07, 6.45) is 6.69. The van der Waals surface area contributed by atoms with Gasteiger partial charge in [-0.3, -0.25) is 5.43 Å². The second kappa shape index (κ2) is 10.1. The summed E-state index contributed by atoms with van der Waals surface area (Å²) >= 11 is 5.17. The number of rotatable bonds is 8. The molecule has 2 aromatic carbocycles. The van der Waals surface area contributed by atoms with Crippen LogP contribution in [0.2, 0.25) is 0 Å². The first-order chi connectivity index (χ1) is 14.7. The fraction of sp³-hybridized carbons (Fsp3) is 0.304. The first-order valence-corrected chi connectivity index (χ1v) is 11.8. The van der Waals surface area contributed by atoms with Crippen LogP contribution in [0.5, 0.6) is 11.5 Å². The summed E-state index contributed by atoms with van der Waals surface area (Å²) in [6, 6.07) is 14.1. The van der Waals surface area contributed by atoms with Gasteiger partial charge in [0.05, 0.1) is 29.1 Å². The molecule has 1 aromatic heterocycles. The molecule has 0 saturated heterocycles. The molecule has 7 heteroatoms. The number of hydrazone groups is 1. The van der Waals surface area contributed by atoms with Crippen molar-refractivity contribution in [1.29, 1.82) is 0 Å². The van der Waals surface area contributed by atoms with Gasteiger partial charge in [-0.05, 0) is 66.2 Å². The van der Waals surface area contributed by atoms with Crippen LogP contribution in [-0.4, -0.2) is 23.9 Å². The maximum Gasteiger partial charge on any atom is 0.203 e. The number of anilines is 1. The van der Waals surface area contributed by atoms with E-state index >= 15 is 0 Å². The summed E-state index contributed by atoms with van der Waals surface area (Å²) < 4.78 is 12.9. The fourth-order valence-electron chi connectivity index (χ4n) is 3.44. The molecule has 0 amide bonds. The molecule has 30 heavy (non-hydrogen) atoms. The number of nitrogens with one attached hydrogen (secondary N) is 1. The van der Waals surface area contributed by atoms with Crippen LogP contribution in [-0.2, 0) is 0 Å². The molecule has 1 fully saturated rings. The average molecular weight is 486 g/mol. The summed E-state index contributed by atoms with van der Waals surface area (Å²) in [5, 5.41) is 7.12. The topological polar surface area (TPSA) is 55.7 Å². The molecular formula is C23H24BrN3O2S. The molecule has 1 N–H and O–H groups in total. The highest BCUT2D eigenvalue weighted by Crippen LogP contribution is 2.39. The minimum atomic E-state index is 0.269. The summed E-state index contributed by atoms with van der Waals surface area (Å²) in [5.41, 5.74) is 5.96. The zero-order valence-corrected chi connectivity index (χ0v) is 19.2. The van der Waals surface area contributed by atoms with Crippen molar-refractivity contribution in [2.75, 3.05) is 12.0 Å². The summed E-state index contributed by atoms with van der Waals surface area (Å²) in [7, 11) is 0. The Labute approximate surface area is 189 Å². The highest BCUT2D eigenvalue weighted by Gasteiger charge is 2.20. The number of halogens is 1. The van der Waals surface area contributed by atoms with E-state index in [4.69, 9.17) is 9.47 Å². The molecular weight excluding hydrogens is 462 g/mol. The highest BCUT2D eigenvalue weighted by molar-refractivity contribution is 9.10. The van der Waals surface area contributed by atoms with E-state index in [9.17, 15) is 0 Å². The number of ether oxygens (including phenoxy) is 2. The predicted octanol–water partition coefficient (Wildman–Crippen LogP) is 6.74. The predicted molar refractivity (Wildman–Crippen MR) is 127 cm³/mol. The van der Waals surface area contributed by atoms with Gasteiger partial charge < -0.3 is 9.47 Å². The molecule has 0 spiro atoms. The van der Waals surface area contributed by atoms with Crippen molar-refractivity contribution in [2.24, 2.45) is 5.10 Å². The summed E-state index contributed by atoms with van der Waals surface area (Å²) in [5.74, 6) is 1.52. The monoisotopic (exact) mass is 485 g/mol. The minimum Gasteiger partial charge on any atom is -0.490 e. The maximum atomic E-state index is 6.22. The van der Waals surface area contributed by atoms with Gasteiger partial charge in [-0.1, -0.05) is 30.3 Å². The molecule has 3 aromatic rings. The maximum absolute atomic E-state index is 6.22. The smallest absolute Gasteiger partial charge is 0.203 e. The molecule has 1 saturated carbocycles. The quantitative estimate of drug-likeness (QED) is 0.283. The molecule has 0 radical (unpaired) electrons. The van der Waals surface area contributed by atoms with Crippen LogP contribution in [0.1, 0.15) is 38.2 Å². The van der Waals surface area contributed by atoms with Crippen molar-refractivity contribution < 1.29 is 9.47 Å². The van der Waals surface area contributed by atoms with E-state index < -0.39 is 0 Å². The van der Waals surface area contributed by atoms with Crippen molar-refractivity contribution in [3.63, 3.8) is 0 Å². The Morgan fingerprint density at radius 2 is 2.03 bits per heavy atom. The lowest BCUT2D eigenvalue weighted by atomic mass is 10.2. The molecule has 1 aliphatic rings. The van der Waals surface area contributed by atoms with Crippen LogP contribution in [0.3, 0.4) is 0 Å². The summed E-state index contributed by atoms with van der Waals surface area (Å²) in [4.78, 5) is 4.59. The van der Waals surface area contributed by atoms with Gasteiger partial charge in [-0.25, -0.2) is 4.98 Å². The van der Waals surface area contributed by atoms with E-state index in [1.54, 1.807) is 6.21 Å². The van der Waals surface area contributed by atoms with E-state index in [1.165, 1.54) is 24.2 Å². The van der Waals surface area contributed by atoms with Crippen molar-refractivity contribution in [2.45, 2.75) is 38.7 Å². The first kappa shape index (κ1) is 20.9. The molecule has 1 heterocycles. The van der Waals surface area contributed by atoms with Gasteiger partial charge >= 0.3 is 0 Å². The summed E-state index contributed by atoms with van der Waals surface area (Å²) in [6.45, 7) is 2.55. The van der Waals surface area contributed by atoms with Gasteiger partial charge in [-0.2, -0.15) is 5.10 Å². The molecule has 1 aliphatic carbocycles. The second-order valence-electron chi connectivity index (χ2n) is 7.06. The zero-order chi connectivity index (χ0) is 20.8. The van der Waals surface area contributed by atoms with Gasteiger partial charge in [0, 0.05) is 10.9 Å². The van der Waals surface area contributed by atoms with Gasteiger partial charge in [-0.15, -0.1) is 11.3 Å². The Balaban J connectivity index is 1.46. The van der Waals surface area contributed by atoms with Crippen molar-refractivity contribution in [3.05, 3.63) is 57.9 Å². The number of hydrogen-bond acceptors (Lipinski definition) is 6. The number of benzene rings is 2. The normalized spacial score (nSPS) is 14.3. The first-order valence-electron chi connectivity index (χ1n) is 10.2. The molecule has 0 bridgehead atoms. The fourth-order valence-corrected chi connectivity index (χ4v) is 4.66. The van der Waals surface area contributed by atoms with Gasteiger partial charge in [0.1, 0.15) is 0 Å². The number of aromatic nitrogens is 1.